The highest BCUT2D eigenvalue weighted by molar-refractivity contribution is 7.89. The van der Waals surface area contributed by atoms with Crippen LogP contribution in [0.3, 0.4) is 0 Å². The van der Waals surface area contributed by atoms with Gasteiger partial charge in [0.15, 0.2) is 0 Å². The molecule has 1 aromatic carbocycles. The Hall–Kier alpha value is -1.64. The summed E-state index contributed by atoms with van der Waals surface area (Å²) in [5, 5.41) is 21.3. The smallest absolute Gasteiger partial charge is 0.422 e. The number of rotatable bonds is 3. The number of hydrogen-bond acceptors (Lipinski definition) is 5. The summed E-state index contributed by atoms with van der Waals surface area (Å²) in [5.41, 5.74) is -0.121. The summed E-state index contributed by atoms with van der Waals surface area (Å²) in [5.74, 6) is 0. The normalized spacial score (nSPS) is 11.4. The molecule has 1 aromatic heterocycles. The van der Waals surface area contributed by atoms with Crippen LogP contribution in [0, 0.1) is 0 Å². The first-order valence-corrected chi connectivity index (χ1v) is 6.18. The predicted molar refractivity (Wildman–Crippen MR) is 61.1 cm³/mol. The molecule has 6 nitrogen and oxygen atoms in total. The van der Waals surface area contributed by atoms with Gasteiger partial charge >= 0.3 is 7.12 Å². The summed E-state index contributed by atoms with van der Waals surface area (Å²) < 4.78 is 24.7. The summed E-state index contributed by atoms with van der Waals surface area (Å²) in [6.45, 7) is 0. The molecule has 0 aliphatic carbocycles. The molecule has 0 spiro atoms. The molecule has 2 rings (SSSR count). The Kier molecular flexibility index (Phi) is 3.01. The minimum absolute atomic E-state index is 0.0853. The lowest BCUT2D eigenvalue weighted by Crippen LogP contribution is -2.32. The average Bonchev–Trinajstić information content (AvgIpc) is 2.80. The van der Waals surface area contributed by atoms with Gasteiger partial charge in [0, 0.05) is 6.20 Å². The molecule has 0 unspecified atom stereocenters. The zero-order valence-corrected chi connectivity index (χ0v) is 9.45. The molecule has 0 aliphatic heterocycles. The Bertz CT molecular complexity index is 609. The Morgan fingerprint density at radius 2 is 1.76 bits per heavy atom. The van der Waals surface area contributed by atoms with Crippen LogP contribution in [0.5, 0.6) is 0 Å². The van der Waals surface area contributed by atoms with Crippen LogP contribution in [0.4, 0.5) is 0 Å². The van der Waals surface area contributed by atoms with E-state index < -0.39 is 17.1 Å². The van der Waals surface area contributed by atoms with Crippen molar-refractivity contribution in [3.05, 3.63) is 42.6 Å². The highest BCUT2D eigenvalue weighted by Gasteiger charge is 2.21. The molecule has 88 valence electrons. The zero-order valence-electron chi connectivity index (χ0n) is 8.63. The van der Waals surface area contributed by atoms with Gasteiger partial charge in [0.2, 0.25) is 0 Å². The van der Waals surface area contributed by atoms with Crippen molar-refractivity contribution in [1.82, 2.24) is 9.19 Å². The summed E-state index contributed by atoms with van der Waals surface area (Å²) in [7, 11) is -5.56. The Labute approximate surface area is 98.3 Å². The topological polar surface area (TPSA) is 92.4 Å². The van der Waals surface area contributed by atoms with Crippen molar-refractivity contribution >= 4 is 22.7 Å². The molecule has 0 bridgehead atoms. The van der Waals surface area contributed by atoms with Crippen molar-refractivity contribution < 1.29 is 18.5 Å². The van der Waals surface area contributed by atoms with E-state index in [1.54, 1.807) is 18.2 Å². The second-order valence-corrected chi connectivity index (χ2v) is 5.10. The van der Waals surface area contributed by atoms with Crippen molar-refractivity contribution in [2.24, 2.45) is 0 Å². The van der Waals surface area contributed by atoms with Crippen LogP contribution in [0.2, 0.25) is 0 Å². The largest absolute Gasteiger partial charge is 0.510 e. The molecule has 17 heavy (non-hydrogen) atoms. The fraction of sp³-hybridized carbons (Fsp3) is 0. The van der Waals surface area contributed by atoms with Crippen molar-refractivity contribution in [1.29, 1.82) is 0 Å². The van der Waals surface area contributed by atoms with Crippen LogP contribution in [0.25, 0.3) is 0 Å². The number of benzene rings is 1. The second-order valence-electron chi connectivity index (χ2n) is 3.30. The molecule has 0 saturated carbocycles. The fourth-order valence-corrected chi connectivity index (χ4v) is 2.43. The first-order chi connectivity index (χ1) is 8.01. The Morgan fingerprint density at radius 1 is 1.12 bits per heavy atom. The maximum absolute atomic E-state index is 12.0. The first-order valence-electron chi connectivity index (χ1n) is 4.74. The zero-order chi connectivity index (χ0) is 12.5. The van der Waals surface area contributed by atoms with E-state index in [0.717, 1.165) is 6.20 Å². The number of aromatic nitrogens is 2. The van der Waals surface area contributed by atoms with Gasteiger partial charge in [-0.05, 0) is 18.2 Å². The van der Waals surface area contributed by atoms with E-state index in [2.05, 4.69) is 5.10 Å². The highest BCUT2D eigenvalue weighted by atomic mass is 32.2. The lowest BCUT2D eigenvalue weighted by atomic mass is 9.87. The van der Waals surface area contributed by atoms with Gasteiger partial charge in [-0.2, -0.15) is 17.6 Å². The van der Waals surface area contributed by atoms with E-state index in [4.69, 9.17) is 10.0 Å². The SMILES string of the molecule is O=S(=O)(c1ccccc1)n1ccc(B(O)O)n1. The van der Waals surface area contributed by atoms with Gasteiger partial charge in [-0.3, -0.25) is 0 Å². The number of nitrogens with zero attached hydrogens (tertiary/aromatic N) is 2. The van der Waals surface area contributed by atoms with Crippen molar-refractivity contribution in [3.8, 4) is 0 Å². The molecule has 0 amide bonds. The van der Waals surface area contributed by atoms with Crippen LogP contribution in [-0.2, 0) is 10.0 Å². The minimum atomic E-state index is -3.77. The van der Waals surface area contributed by atoms with Gasteiger partial charge < -0.3 is 10.0 Å². The van der Waals surface area contributed by atoms with Gasteiger partial charge in [-0.15, -0.1) is 0 Å². The Balaban J connectivity index is 2.46. The van der Waals surface area contributed by atoms with E-state index in [0.29, 0.717) is 4.09 Å². The van der Waals surface area contributed by atoms with E-state index in [-0.39, 0.29) is 10.5 Å². The second kappa shape index (κ2) is 4.32. The third-order valence-electron chi connectivity index (χ3n) is 2.14. The molecule has 2 N–H and O–H groups in total. The van der Waals surface area contributed by atoms with Crippen LogP contribution in [-0.4, -0.2) is 34.8 Å². The summed E-state index contributed by atoms with van der Waals surface area (Å²) in [6, 6.07) is 8.99. The standard InChI is InChI=1S/C9H9BN2O4S/c13-10(14)9-6-7-12(11-9)17(15,16)8-4-2-1-3-5-8/h1-7,13-14H. The molecule has 1 heterocycles. The third kappa shape index (κ3) is 2.23. The monoisotopic (exact) mass is 252 g/mol. The summed E-state index contributed by atoms with van der Waals surface area (Å²) >= 11 is 0. The van der Waals surface area contributed by atoms with Crippen molar-refractivity contribution in [3.63, 3.8) is 0 Å². The van der Waals surface area contributed by atoms with Gasteiger partial charge in [-0.1, -0.05) is 18.2 Å². The molecule has 2 aromatic rings. The van der Waals surface area contributed by atoms with Crippen molar-refractivity contribution in [2.45, 2.75) is 4.90 Å². The van der Waals surface area contributed by atoms with Crippen LogP contribution < -0.4 is 5.59 Å². The Morgan fingerprint density at radius 3 is 2.29 bits per heavy atom. The molecule has 0 aliphatic rings. The molecule has 0 fully saturated rings. The maximum Gasteiger partial charge on any atom is 0.510 e. The maximum atomic E-state index is 12.0. The van der Waals surface area contributed by atoms with Crippen LogP contribution in [0.1, 0.15) is 0 Å². The van der Waals surface area contributed by atoms with Crippen LogP contribution >= 0.6 is 0 Å². The van der Waals surface area contributed by atoms with Crippen LogP contribution in [0.15, 0.2) is 47.5 Å². The molecule has 8 heteroatoms. The quantitative estimate of drug-likeness (QED) is 0.669. The molecule has 0 radical (unpaired) electrons. The van der Waals surface area contributed by atoms with E-state index in [9.17, 15) is 8.42 Å². The summed E-state index contributed by atoms with van der Waals surface area (Å²) in [4.78, 5) is 0.0853. The number of hydrogen-bond donors (Lipinski definition) is 2. The van der Waals surface area contributed by atoms with Gasteiger partial charge in [0.05, 0.1) is 10.5 Å². The van der Waals surface area contributed by atoms with E-state index in [1.165, 1.54) is 18.2 Å². The third-order valence-corrected chi connectivity index (χ3v) is 3.70. The first kappa shape index (κ1) is 11.8. The molecule has 0 saturated heterocycles. The molecular formula is C9H9BN2O4S. The van der Waals surface area contributed by atoms with E-state index >= 15 is 0 Å². The van der Waals surface area contributed by atoms with Gasteiger partial charge in [0.25, 0.3) is 10.0 Å². The fourth-order valence-electron chi connectivity index (χ4n) is 1.29. The highest BCUT2D eigenvalue weighted by Crippen LogP contribution is 2.10. The lowest BCUT2D eigenvalue weighted by molar-refractivity contribution is 0.424. The van der Waals surface area contributed by atoms with Crippen molar-refractivity contribution in [2.75, 3.05) is 0 Å². The minimum Gasteiger partial charge on any atom is -0.422 e. The summed E-state index contributed by atoms with van der Waals surface area (Å²) in [6.07, 6.45) is 1.16. The average molecular weight is 252 g/mol. The molecular weight excluding hydrogens is 243 g/mol. The lowest BCUT2D eigenvalue weighted by Gasteiger charge is -2.03. The van der Waals surface area contributed by atoms with Gasteiger partial charge in [-0.25, -0.2) is 0 Å². The predicted octanol–water partition coefficient (Wildman–Crippen LogP) is -1.20. The van der Waals surface area contributed by atoms with E-state index in [1.807, 2.05) is 0 Å². The molecule has 0 atom stereocenters. The van der Waals surface area contributed by atoms with Gasteiger partial charge in [0.1, 0.15) is 0 Å².